The summed E-state index contributed by atoms with van der Waals surface area (Å²) in [7, 11) is 0. The summed E-state index contributed by atoms with van der Waals surface area (Å²) in [5.41, 5.74) is -0.917. The summed E-state index contributed by atoms with van der Waals surface area (Å²) < 4.78 is 68.4. The molecule has 0 N–H and O–H groups in total. The number of aromatic nitrogens is 1. The minimum Gasteiger partial charge on any atom is -0.489 e. The van der Waals surface area contributed by atoms with Crippen molar-refractivity contribution in [1.29, 1.82) is 0 Å². The van der Waals surface area contributed by atoms with Gasteiger partial charge in [-0.2, -0.15) is 0 Å². The van der Waals surface area contributed by atoms with E-state index >= 15 is 0 Å². The topological polar surface area (TPSA) is 22.1 Å². The van der Waals surface area contributed by atoms with Gasteiger partial charge in [-0.15, -0.1) is 0 Å². The third-order valence-electron chi connectivity index (χ3n) is 2.49. The molecule has 2 rings (SSSR count). The molecule has 0 saturated carbocycles. The predicted octanol–water partition coefficient (Wildman–Crippen LogP) is -0.00280. The van der Waals surface area contributed by atoms with Gasteiger partial charge in [-0.05, 0) is 12.1 Å². The van der Waals surface area contributed by atoms with Crippen LogP contribution in [-0.4, -0.2) is 12.0 Å². The minimum atomic E-state index is -5.40. The Balaban J connectivity index is 0.00000220. The number of pyridine rings is 1. The number of hydrogen-bond donors (Lipinski definition) is 0. The van der Waals surface area contributed by atoms with E-state index in [0.29, 0.717) is 17.7 Å². The molecule has 0 bridgehead atoms. The maximum atomic E-state index is 13.3. The van der Waals surface area contributed by atoms with Crippen LogP contribution in [0.5, 0.6) is 5.75 Å². The molecule has 1 aromatic carbocycles. The van der Waals surface area contributed by atoms with Crippen LogP contribution in [0.3, 0.4) is 0 Å². The van der Waals surface area contributed by atoms with E-state index in [1.165, 1.54) is 6.20 Å². The molecule has 0 radical (unpaired) electrons. The van der Waals surface area contributed by atoms with Crippen molar-refractivity contribution in [3.05, 3.63) is 53.9 Å². The van der Waals surface area contributed by atoms with Crippen molar-refractivity contribution in [3.63, 3.8) is 0 Å². The molecule has 106 valence electrons. The van der Waals surface area contributed by atoms with Crippen LogP contribution < -0.4 is 61.6 Å². The van der Waals surface area contributed by atoms with Gasteiger partial charge in [0.15, 0.2) is 0 Å². The van der Waals surface area contributed by atoms with Gasteiger partial charge < -0.3 is 17.7 Å². The summed E-state index contributed by atoms with van der Waals surface area (Å²) in [6.45, 7) is -5.52. The zero-order valence-electron chi connectivity index (χ0n) is 11.0. The number of ether oxygens (including phenoxy) is 1. The fourth-order valence-corrected chi connectivity index (χ4v) is 1.56. The maximum Gasteiger partial charge on any atom is 1.00 e. The number of hydrogen-bond acceptors (Lipinski definition) is 2. The molecule has 0 fully saturated rings. The Morgan fingerprint density at radius 3 is 2.33 bits per heavy atom. The Kier molecular flexibility index (Phi) is 6.79. The Morgan fingerprint density at radius 1 is 1.05 bits per heavy atom. The molecule has 0 aliphatic heterocycles. The van der Waals surface area contributed by atoms with Crippen LogP contribution in [0.1, 0.15) is 5.56 Å². The molecule has 0 saturated heterocycles. The van der Waals surface area contributed by atoms with Crippen molar-refractivity contribution in [3.8, 4) is 5.75 Å². The first-order chi connectivity index (χ1) is 9.36. The second kappa shape index (κ2) is 7.68. The van der Waals surface area contributed by atoms with E-state index in [1.54, 1.807) is 0 Å². The number of nitrogens with zero attached hydrogens (tertiary/aromatic N) is 1. The maximum absolute atomic E-state index is 13.3. The van der Waals surface area contributed by atoms with Gasteiger partial charge in [-0.1, -0.05) is 11.5 Å². The van der Waals surface area contributed by atoms with Crippen LogP contribution in [0.2, 0.25) is 0 Å². The van der Waals surface area contributed by atoms with Gasteiger partial charge in [0.25, 0.3) is 0 Å². The Labute approximate surface area is 160 Å². The van der Waals surface area contributed by atoms with E-state index in [9.17, 15) is 21.7 Å². The first-order valence-electron chi connectivity index (χ1n) is 5.58. The number of benzene rings is 1. The molecule has 0 unspecified atom stereocenters. The summed E-state index contributed by atoms with van der Waals surface area (Å²) in [5, 5.41) is 0. The number of halogens is 5. The van der Waals surface area contributed by atoms with Crippen LogP contribution in [0, 0.1) is 11.6 Å². The second-order valence-corrected chi connectivity index (χ2v) is 4.06. The molecule has 2 aromatic rings. The molecule has 0 aliphatic rings. The summed E-state index contributed by atoms with van der Waals surface area (Å²) in [6, 6.07) is 3.45. The van der Waals surface area contributed by atoms with Gasteiger partial charge in [-0.3, -0.25) is 4.98 Å². The smallest absolute Gasteiger partial charge is 0.489 e. The van der Waals surface area contributed by atoms with Crippen LogP contribution in [0.25, 0.3) is 0 Å². The quantitative estimate of drug-likeness (QED) is 0.583. The molecule has 1 aromatic heterocycles. The summed E-state index contributed by atoms with van der Waals surface area (Å²) >= 11 is 0. The molecule has 0 atom stereocenters. The molecule has 0 spiro atoms. The van der Waals surface area contributed by atoms with Gasteiger partial charge in [0.05, 0.1) is 12.0 Å². The third-order valence-corrected chi connectivity index (χ3v) is 2.49. The van der Waals surface area contributed by atoms with E-state index in [4.69, 9.17) is 4.74 Å². The van der Waals surface area contributed by atoms with Crippen LogP contribution in [0.15, 0.2) is 36.7 Å². The fourth-order valence-electron chi connectivity index (χ4n) is 1.56. The van der Waals surface area contributed by atoms with E-state index in [-0.39, 0.29) is 63.7 Å². The molecule has 21 heavy (non-hydrogen) atoms. The van der Waals surface area contributed by atoms with Crippen molar-refractivity contribution >= 4 is 12.4 Å². The van der Waals surface area contributed by atoms with E-state index in [0.717, 1.165) is 18.3 Å². The first kappa shape index (κ1) is 18.6. The van der Waals surface area contributed by atoms with Gasteiger partial charge in [0.1, 0.15) is 18.2 Å². The van der Waals surface area contributed by atoms with E-state index in [1.807, 2.05) is 0 Å². The Morgan fingerprint density at radius 2 is 1.76 bits per heavy atom. The van der Waals surface area contributed by atoms with Crippen molar-refractivity contribution in [2.24, 2.45) is 0 Å². The van der Waals surface area contributed by atoms with Gasteiger partial charge in [-0.25, -0.2) is 8.78 Å². The molecular formula is C12H8BF5KNO. The largest absolute Gasteiger partial charge is 1.00 e. The van der Waals surface area contributed by atoms with E-state index < -0.39 is 24.1 Å². The van der Waals surface area contributed by atoms with Crippen molar-refractivity contribution < 1.29 is 77.8 Å². The SMILES string of the molecule is Fc1cncc(COc2ccc([B-](F)(F)F)c(F)c2)c1.[K+]. The van der Waals surface area contributed by atoms with Gasteiger partial charge in [0.2, 0.25) is 0 Å². The van der Waals surface area contributed by atoms with E-state index in [2.05, 4.69) is 4.98 Å². The molecular weight excluding hydrogens is 319 g/mol. The van der Waals surface area contributed by atoms with Crippen molar-refractivity contribution in [2.45, 2.75) is 6.61 Å². The third kappa shape index (κ3) is 5.33. The molecule has 1 heterocycles. The monoisotopic (exact) mass is 327 g/mol. The Hall–Kier alpha value is -0.479. The summed E-state index contributed by atoms with van der Waals surface area (Å²) in [5.74, 6) is -2.03. The van der Waals surface area contributed by atoms with Crippen LogP contribution in [-0.2, 0) is 6.61 Å². The fraction of sp³-hybridized carbons (Fsp3) is 0.0833. The van der Waals surface area contributed by atoms with Crippen LogP contribution in [0.4, 0.5) is 21.7 Å². The zero-order valence-corrected chi connectivity index (χ0v) is 14.1. The average molecular weight is 327 g/mol. The summed E-state index contributed by atoms with van der Waals surface area (Å²) in [4.78, 5) is 3.59. The van der Waals surface area contributed by atoms with Crippen molar-refractivity contribution in [1.82, 2.24) is 4.98 Å². The normalized spacial score (nSPS) is 10.9. The molecule has 9 heteroatoms. The number of rotatable bonds is 4. The van der Waals surface area contributed by atoms with Crippen LogP contribution >= 0.6 is 0 Å². The standard InChI is InChI=1S/C12H8BF5NO.K/c14-9-3-8(5-19-6-9)7-20-10-1-2-11(12(15)4-10)13(16,17)18;/h1-6H,7H2;/q-1;+1. The first-order valence-corrected chi connectivity index (χ1v) is 5.58. The zero-order chi connectivity index (χ0) is 14.8. The molecule has 0 aliphatic carbocycles. The average Bonchev–Trinajstić information content (AvgIpc) is 2.35. The minimum absolute atomic E-state index is 0. The predicted molar refractivity (Wildman–Crippen MR) is 63.6 cm³/mol. The second-order valence-electron chi connectivity index (χ2n) is 4.06. The molecule has 2 nitrogen and oxygen atoms in total. The molecule has 0 amide bonds. The van der Waals surface area contributed by atoms with Gasteiger partial charge >= 0.3 is 58.4 Å². The van der Waals surface area contributed by atoms with Gasteiger partial charge in [0, 0.05) is 17.8 Å². The summed E-state index contributed by atoms with van der Waals surface area (Å²) in [6.07, 6.45) is 2.34. The van der Waals surface area contributed by atoms with Crippen molar-refractivity contribution in [2.75, 3.05) is 0 Å². The Bertz CT molecular complexity index is 623.